The molecule has 3 nitrogen and oxygen atoms in total. The molecule has 1 atom stereocenters. The molecule has 1 unspecified atom stereocenters. The minimum atomic E-state index is -1.26. The summed E-state index contributed by atoms with van der Waals surface area (Å²) in [4.78, 5) is 0. The van der Waals surface area contributed by atoms with Crippen LogP contribution in [0.1, 0.15) is 64.7 Å². The Kier molecular flexibility index (Phi) is 12.6. The lowest BCUT2D eigenvalue weighted by Crippen LogP contribution is -2.44. The van der Waals surface area contributed by atoms with Crippen LogP contribution in [-0.2, 0) is 14.2 Å². The van der Waals surface area contributed by atoms with Crippen molar-refractivity contribution in [1.82, 2.24) is 0 Å². The zero-order valence-electron chi connectivity index (χ0n) is 14.3. The fourth-order valence-electron chi connectivity index (χ4n) is 2.76. The molecule has 0 aliphatic heterocycles. The molecule has 6 heteroatoms. The molecule has 0 aromatic heterocycles. The zero-order chi connectivity index (χ0) is 17.1. The second-order valence-corrected chi connectivity index (χ2v) is 8.14. The van der Waals surface area contributed by atoms with Gasteiger partial charge in [0.15, 0.2) is 3.79 Å². The first-order valence-electron chi connectivity index (χ1n) is 8.07. The molecule has 0 aliphatic carbocycles. The van der Waals surface area contributed by atoms with E-state index in [-0.39, 0.29) is 5.92 Å². The van der Waals surface area contributed by atoms with Crippen molar-refractivity contribution < 1.29 is 14.2 Å². The summed E-state index contributed by atoms with van der Waals surface area (Å²) < 4.78 is 15.2. The van der Waals surface area contributed by atoms with Gasteiger partial charge in [-0.25, -0.2) is 0 Å². The van der Waals surface area contributed by atoms with Crippen LogP contribution in [0.15, 0.2) is 0 Å². The van der Waals surface area contributed by atoms with E-state index in [1.165, 1.54) is 32.1 Å². The monoisotopic (exact) mass is 376 g/mol. The van der Waals surface area contributed by atoms with Gasteiger partial charge in [0.2, 0.25) is 0 Å². The molecule has 0 fully saturated rings. The highest BCUT2D eigenvalue weighted by Gasteiger charge is 2.40. The molecule has 0 aliphatic rings. The van der Waals surface area contributed by atoms with Crippen molar-refractivity contribution in [1.29, 1.82) is 0 Å². The average molecular weight is 378 g/mol. The quantitative estimate of drug-likeness (QED) is 0.220. The molecule has 0 spiro atoms. The number of halogens is 3. The molecular weight excluding hydrogens is 347 g/mol. The average Bonchev–Trinajstić information content (AvgIpc) is 2.48. The highest BCUT2D eigenvalue weighted by atomic mass is 35.6. The van der Waals surface area contributed by atoms with E-state index in [0.29, 0.717) is 12.8 Å². The predicted octanol–water partition coefficient (Wildman–Crippen LogP) is 6.10. The van der Waals surface area contributed by atoms with Gasteiger partial charge in [-0.1, -0.05) is 80.3 Å². The van der Waals surface area contributed by atoms with E-state index >= 15 is 0 Å². The normalized spacial score (nSPS) is 14.3. The molecule has 0 saturated heterocycles. The standard InChI is InChI=1S/C16H31Cl3O3/c1-5-6-7-8-9-10-11-14(12-13-15(17,18)19)16(20-2,21-3)22-4/h14H,5-13H2,1-4H3. The largest absolute Gasteiger partial charge is 0.331 e. The van der Waals surface area contributed by atoms with Crippen LogP contribution in [0, 0.1) is 5.92 Å². The third-order valence-electron chi connectivity index (χ3n) is 4.04. The lowest BCUT2D eigenvalue weighted by atomic mass is 9.93. The van der Waals surface area contributed by atoms with Gasteiger partial charge in [-0.3, -0.25) is 0 Å². The van der Waals surface area contributed by atoms with Crippen LogP contribution < -0.4 is 0 Å². The lowest BCUT2D eigenvalue weighted by Gasteiger charge is -2.37. The van der Waals surface area contributed by atoms with Crippen molar-refractivity contribution in [2.45, 2.75) is 74.5 Å². The number of alkyl halides is 3. The molecule has 0 radical (unpaired) electrons. The Morgan fingerprint density at radius 3 is 1.73 bits per heavy atom. The Labute approximate surface area is 150 Å². The number of hydrogen-bond acceptors (Lipinski definition) is 3. The van der Waals surface area contributed by atoms with Crippen molar-refractivity contribution in [2.75, 3.05) is 21.3 Å². The van der Waals surface area contributed by atoms with Crippen LogP contribution in [-0.4, -0.2) is 31.1 Å². The first-order chi connectivity index (χ1) is 10.3. The highest BCUT2D eigenvalue weighted by Crippen LogP contribution is 2.38. The molecule has 22 heavy (non-hydrogen) atoms. The van der Waals surface area contributed by atoms with E-state index in [9.17, 15) is 0 Å². The molecular formula is C16H31Cl3O3. The summed E-state index contributed by atoms with van der Waals surface area (Å²) in [5.74, 6) is -1.05. The van der Waals surface area contributed by atoms with E-state index in [0.717, 1.165) is 12.8 Å². The Morgan fingerprint density at radius 1 is 0.773 bits per heavy atom. The van der Waals surface area contributed by atoms with Gasteiger partial charge in [-0.2, -0.15) is 0 Å². The van der Waals surface area contributed by atoms with Crippen LogP contribution >= 0.6 is 34.8 Å². The molecule has 0 rings (SSSR count). The molecule has 0 aromatic rings. The second-order valence-electron chi connectivity index (χ2n) is 5.62. The number of ether oxygens (including phenoxy) is 3. The molecule has 0 bridgehead atoms. The maximum absolute atomic E-state index is 5.88. The lowest BCUT2D eigenvalue weighted by molar-refractivity contribution is -0.380. The Morgan fingerprint density at radius 2 is 1.27 bits per heavy atom. The Hall–Kier alpha value is 0.750. The maximum atomic E-state index is 5.88. The summed E-state index contributed by atoms with van der Waals surface area (Å²) in [6.45, 7) is 2.22. The van der Waals surface area contributed by atoms with Gasteiger partial charge in [0.25, 0.3) is 5.97 Å². The van der Waals surface area contributed by atoms with Crippen LogP contribution in [0.3, 0.4) is 0 Å². The fraction of sp³-hybridized carbons (Fsp3) is 1.00. The van der Waals surface area contributed by atoms with E-state index in [1.807, 2.05) is 0 Å². The van der Waals surface area contributed by atoms with Crippen LogP contribution in [0.4, 0.5) is 0 Å². The molecule has 134 valence electrons. The van der Waals surface area contributed by atoms with Crippen molar-refractivity contribution in [3.8, 4) is 0 Å². The zero-order valence-corrected chi connectivity index (χ0v) is 16.6. The minimum absolute atomic E-state index is 0.0225. The van der Waals surface area contributed by atoms with Gasteiger partial charge >= 0.3 is 0 Å². The summed E-state index contributed by atoms with van der Waals surface area (Å²) >= 11 is 17.7. The van der Waals surface area contributed by atoms with Gasteiger partial charge in [-0.15, -0.1) is 0 Å². The molecule has 0 aromatic carbocycles. The van der Waals surface area contributed by atoms with E-state index in [1.54, 1.807) is 21.3 Å². The maximum Gasteiger partial charge on any atom is 0.285 e. The number of methoxy groups -OCH3 is 3. The number of unbranched alkanes of at least 4 members (excludes halogenated alkanes) is 5. The Bertz CT molecular complexity index is 258. The van der Waals surface area contributed by atoms with Gasteiger partial charge in [-0.05, 0) is 19.3 Å². The van der Waals surface area contributed by atoms with Crippen molar-refractivity contribution in [3.05, 3.63) is 0 Å². The van der Waals surface area contributed by atoms with Crippen LogP contribution in [0.5, 0.6) is 0 Å². The number of hydrogen-bond donors (Lipinski definition) is 0. The van der Waals surface area contributed by atoms with E-state index in [4.69, 9.17) is 49.0 Å². The SMILES string of the molecule is CCCCCCCCC(CCC(Cl)(Cl)Cl)C(OC)(OC)OC. The van der Waals surface area contributed by atoms with E-state index in [2.05, 4.69) is 6.92 Å². The number of rotatable bonds is 13. The summed E-state index contributed by atoms with van der Waals surface area (Å²) in [5, 5.41) is 0. The predicted molar refractivity (Wildman–Crippen MR) is 94.8 cm³/mol. The first-order valence-corrected chi connectivity index (χ1v) is 9.20. The summed E-state index contributed by atoms with van der Waals surface area (Å²) in [5.41, 5.74) is 0. The van der Waals surface area contributed by atoms with Gasteiger partial charge in [0, 0.05) is 27.2 Å². The summed E-state index contributed by atoms with van der Waals surface area (Å²) in [6, 6.07) is 0. The minimum Gasteiger partial charge on any atom is -0.331 e. The van der Waals surface area contributed by atoms with E-state index < -0.39 is 9.77 Å². The van der Waals surface area contributed by atoms with Gasteiger partial charge < -0.3 is 14.2 Å². The van der Waals surface area contributed by atoms with Crippen molar-refractivity contribution >= 4 is 34.8 Å². The highest BCUT2D eigenvalue weighted by molar-refractivity contribution is 6.67. The smallest absolute Gasteiger partial charge is 0.285 e. The first kappa shape index (κ1) is 22.8. The topological polar surface area (TPSA) is 27.7 Å². The molecule has 0 heterocycles. The summed E-state index contributed by atoms with van der Waals surface area (Å²) in [7, 11) is 4.74. The fourth-order valence-corrected chi connectivity index (χ4v) is 3.08. The van der Waals surface area contributed by atoms with Crippen molar-refractivity contribution in [3.63, 3.8) is 0 Å². The third kappa shape index (κ3) is 9.14. The van der Waals surface area contributed by atoms with Gasteiger partial charge in [0.05, 0.1) is 0 Å². The van der Waals surface area contributed by atoms with Crippen LogP contribution in [0.2, 0.25) is 0 Å². The van der Waals surface area contributed by atoms with Crippen molar-refractivity contribution in [2.24, 2.45) is 5.92 Å². The molecule has 0 amide bonds. The summed E-state index contributed by atoms with van der Waals surface area (Å²) in [6.07, 6.45) is 9.41. The second kappa shape index (κ2) is 12.2. The third-order valence-corrected chi connectivity index (χ3v) is 4.60. The van der Waals surface area contributed by atoms with Crippen LogP contribution in [0.25, 0.3) is 0 Å². The van der Waals surface area contributed by atoms with Gasteiger partial charge in [0.1, 0.15) is 0 Å². The molecule has 0 N–H and O–H groups in total. The Balaban J connectivity index is 4.51. The molecule has 0 saturated carbocycles.